The molecule has 0 amide bonds. The van der Waals surface area contributed by atoms with Crippen LogP contribution in [0.5, 0.6) is 0 Å². The lowest BCUT2D eigenvalue weighted by Gasteiger charge is -2.20. The number of halogens is 2. The molecule has 0 aromatic carbocycles. The van der Waals surface area contributed by atoms with Crippen LogP contribution in [0.1, 0.15) is 39.1 Å². The summed E-state index contributed by atoms with van der Waals surface area (Å²) in [4.78, 5) is 3.97. The molecule has 96 valence electrons. The van der Waals surface area contributed by atoms with Gasteiger partial charge in [-0.15, -0.1) is 0 Å². The molecule has 0 saturated heterocycles. The number of aromatic nitrogens is 1. The molecule has 0 aliphatic rings. The molecular formula is C13H20F2N2. The molecule has 1 aromatic rings. The van der Waals surface area contributed by atoms with Crippen LogP contribution in [0.2, 0.25) is 0 Å². The summed E-state index contributed by atoms with van der Waals surface area (Å²) in [5.74, 6) is -2.87. The highest BCUT2D eigenvalue weighted by Crippen LogP contribution is 2.24. The van der Waals surface area contributed by atoms with E-state index < -0.39 is 5.92 Å². The maximum absolute atomic E-state index is 13.1. The molecule has 0 spiro atoms. The van der Waals surface area contributed by atoms with Crippen LogP contribution in [0.15, 0.2) is 18.2 Å². The van der Waals surface area contributed by atoms with Crippen LogP contribution in [0, 0.1) is 0 Å². The lowest BCUT2D eigenvalue weighted by molar-refractivity contribution is 0.0125. The zero-order valence-corrected chi connectivity index (χ0v) is 10.8. The van der Waals surface area contributed by atoms with Crippen molar-refractivity contribution in [1.29, 1.82) is 0 Å². The van der Waals surface area contributed by atoms with Crippen molar-refractivity contribution in [3.8, 4) is 0 Å². The van der Waals surface area contributed by atoms with Gasteiger partial charge in [-0.2, -0.15) is 8.78 Å². The molecule has 1 aromatic heterocycles. The Morgan fingerprint density at radius 1 is 1.18 bits per heavy atom. The SMILES string of the molecule is CC(C)(C)NCCc1cccc(C(C)(F)F)n1. The highest BCUT2D eigenvalue weighted by Gasteiger charge is 2.25. The van der Waals surface area contributed by atoms with Crippen LogP contribution in [0.3, 0.4) is 0 Å². The van der Waals surface area contributed by atoms with Crippen LogP contribution in [0.25, 0.3) is 0 Å². The summed E-state index contributed by atoms with van der Waals surface area (Å²) < 4.78 is 26.1. The van der Waals surface area contributed by atoms with Crippen LogP contribution in [-0.4, -0.2) is 17.1 Å². The summed E-state index contributed by atoms with van der Waals surface area (Å²) in [6.07, 6.45) is 0.654. The Labute approximate surface area is 101 Å². The lowest BCUT2D eigenvalue weighted by Crippen LogP contribution is -2.37. The normalized spacial score (nSPS) is 12.8. The Bertz CT molecular complexity index is 364. The molecule has 0 atom stereocenters. The second-order valence-electron chi connectivity index (χ2n) is 5.33. The number of pyridine rings is 1. The quantitative estimate of drug-likeness (QED) is 0.877. The summed E-state index contributed by atoms with van der Waals surface area (Å²) in [7, 11) is 0. The molecule has 0 fully saturated rings. The first-order valence-electron chi connectivity index (χ1n) is 5.78. The van der Waals surface area contributed by atoms with E-state index in [2.05, 4.69) is 31.1 Å². The Hall–Kier alpha value is -1.03. The van der Waals surface area contributed by atoms with Gasteiger partial charge >= 0.3 is 0 Å². The number of hydrogen-bond acceptors (Lipinski definition) is 2. The van der Waals surface area contributed by atoms with E-state index in [0.29, 0.717) is 12.1 Å². The number of hydrogen-bond donors (Lipinski definition) is 1. The third-order valence-electron chi connectivity index (χ3n) is 2.29. The van der Waals surface area contributed by atoms with Crippen molar-refractivity contribution in [1.82, 2.24) is 10.3 Å². The van der Waals surface area contributed by atoms with Gasteiger partial charge in [-0.3, -0.25) is 4.98 Å². The first kappa shape index (κ1) is 14.0. The predicted molar refractivity (Wildman–Crippen MR) is 65.3 cm³/mol. The van der Waals surface area contributed by atoms with E-state index in [4.69, 9.17) is 0 Å². The van der Waals surface area contributed by atoms with Crippen LogP contribution < -0.4 is 5.32 Å². The molecule has 2 nitrogen and oxygen atoms in total. The zero-order valence-electron chi connectivity index (χ0n) is 10.8. The topological polar surface area (TPSA) is 24.9 Å². The molecule has 1 heterocycles. The fourth-order valence-corrected chi connectivity index (χ4v) is 1.43. The molecule has 1 N–H and O–H groups in total. The number of nitrogens with one attached hydrogen (secondary N) is 1. The lowest BCUT2D eigenvalue weighted by atomic mass is 10.1. The number of rotatable bonds is 4. The summed E-state index contributed by atoms with van der Waals surface area (Å²) in [5.41, 5.74) is 0.568. The summed E-state index contributed by atoms with van der Waals surface area (Å²) in [6.45, 7) is 7.80. The van der Waals surface area contributed by atoms with E-state index in [-0.39, 0.29) is 11.2 Å². The fourth-order valence-electron chi connectivity index (χ4n) is 1.43. The molecule has 0 bridgehead atoms. The highest BCUT2D eigenvalue weighted by atomic mass is 19.3. The van der Waals surface area contributed by atoms with E-state index >= 15 is 0 Å². The highest BCUT2D eigenvalue weighted by molar-refractivity contribution is 5.15. The van der Waals surface area contributed by atoms with Crippen molar-refractivity contribution in [3.63, 3.8) is 0 Å². The first-order chi connectivity index (χ1) is 7.68. The van der Waals surface area contributed by atoms with Gasteiger partial charge in [0.25, 0.3) is 5.92 Å². The van der Waals surface area contributed by atoms with Crippen LogP contribution in [0.4, 0.5) is 8.78 Å². The maximum Gasteiger partial charge on any atom is 0.286 e. The Morgan fingerprint density at radius 2 is 1.82 bits per heavy atom. The second-order valence-corrected chi connectivity index (χ2v) is 5.33. The van der Waals surface area contributed by atoms with Crippen molar-refractivity contribution >= 4 is 0 Å². The van der Waals surface area contributed by atoms with Gasteiger partial charge in [0.1, 0.15) is 5.69 Å². The number of nitrogens with zero attached hydrogens (tertiary/aromatic N) is 1. The van der Waals surface area contributed by atoms with E-state index in [1.807, 2.05) is 0 Å². The predicted octanol–water partition coefficient (Wildman–Crippen LogP) is 3.12. The second kappa shape index (κ2) is 5.08. The molecular weight excluding hydrogens is 222 g/mol. The van der Waals surface area contributed by atoms with Crippen molar-refractivity contribution in [2.45, 2.75) is 45.6 Å². The van der Waals surface area contributed by atoms with Crippen LogP contribution >= 0.6 is 0 Å². The molecule has 0 aliphatic heterocycles. The molecule has 1 rings (SSSR count). The Morgan fingerprint density at radius 3 is 2.35 bits per heavy atom. The first-order valence-corrected chi connectivity index (χ1v) is 5.78. The van der Waals surface area contributed by atoms with Crippen molar-refractivity contribution < 1.29 is 8.78 Å². The molecule has 4 heteroatoms. The third kappa shape index (κ3) is 5.22. The molecule has 0 radical (unpaired) electrons. The van der Waals surface area contributed by atoms with E-state index in [1.54, 1.807) is 12.1 Å². The van der Waals surface area contributed by atoms with Crippen molar-refractivity contribution in [2.75, 3.05) is 6.54 Å². The minimum atomic E-state index is -2.87. The summed E-state index contributed by atoms with van der Waals surface area (Å²) in [5, 5.41) is 3.30. The molecule has 0 saturated carbocycles. The fraction of sp³-hybridized carbons (Fsp3) is 0.615. The molecule has 17 heavy (non-hydrogen) atoms. The Kier molecular flexibility index (Phi) is 4.20. The minimum Gasteiger partial charge on any atom is -0.312 e. The maximum atomic E-state index is 13.1. The largest absolute Gasteiger partial charge is 0.312 e. The van der Waals surface area contributed by atoms with Gasteiger partial charge in [0.05, 0.1) is 0 Å². The monoisotopic (exact) mass is 242 g/mol. The minimum absolute atomic E-state index is 0.0340. The van der Waals surface area contributed by atoms with E-state index in [0.717, 1.165) is 13.5 Å². The smallest absolute Gasteiger partial charge is 0.286 e. The van der Waals surface area contributed by atoms with Gasteiger partial charge in [-0.05, 0) is 32.9 Å². The zero-order chi connectivity index (χ0) is 13.1. The average Bonchev–Trinajstić information content (AvgIpc) is 2.15. The van der Waals surface area contributed by atoms with Gasteiger partial charge in [0.15, 0.2) is 0 Å². The Balaban J connectivity index is 2.61. The standard InChI is InChI=1S/C13H20F2N2/c1-12(2,3)16-9-8-10-6-5-7-11(17-10)13(4,14)15/h5-7,16H,8-9H2,1-4H3. The van der Waals surface area contributed by atoms with E-state index in [9.17, 15) is 8.78 Å². The summed E-state index contributed by atoms with van der Waals surface area (Å²) in [6, 6.07) is 4.77. The van der Waals surface area contributed by atoms with Gasteiger partial charge in [-0.1, -0.05) is 6.07 Å². The van der Waals surface area contributed by atoms with Crippen LogP contribution in [-0.2, 0) is 12.3 Å². The summed E-state index contributed by atoms with van der Waals surface area (Å²) >= 11 is 0. The molecule has 0 aliphatic carbocycles. The average molecular weight is 242 g/mol. The molecule has 0 unspecified atom stereocenters. The van der Waals surface area contributed by atoms with E-state index in [1.165, 1.54) is 6.07 Å². The van der Waals surface area contributed by atoms with Gasteiger partial charge in [0, 0.05) is 31.1 Å². The third-order valence-corrected chi connectivity index (χ3v) is 2.29. The van der Waals surface area contributed by atoms with Gasteiger partial charge < -0.3 is 5.32 Å². The van der Waals surface area contributed by atoms with Gasteiger partial charge in [0.2, 0.25) is 0 Å². The van der Waals surface area contributed by atoms with Gasteiger partial charge in [-0.25, -0.2) is 0 Å². The van der Waals surface area contributed by atoms with Crippen molar-refractivity contribution in [3.05, 3.63) is 29.6 Å². The number of alkyl halides is 2. The van der Waals surface area contributed by atoms with Crippen molar-refractivity contribution in [2.24, 2.45) is 0 Å².